The van der Waals surface area contributed by atoms with Crippen molar-refractivity contribution in [3.8, 4) is 0 Å². The van der Waals surface area contributed by atoms with E-state index in [9.17, 15) is 4.79 Å². The Hall–Kier alpha value is -2.31. The summed E-state index contributed by atoms with van der Waals surface area (Å²) in [5, 5.41) is 0. The highest BCUT2D eigenvalue weighted by molar-refractivity contribution is 6.62. The summed E-state index contributed by atoms with van der Waals surface area (Å²) in [6.45, 7) is 9.57. The van der Waals surface area contributed by atoms with E-state index in [-0.39, 0.29) is 23.9 Å². The van der Waals surface area contributed by atoms with Gasteiger partial charge in [-0.2, -0.15) is 0 Å². The Morgan fingerprint density at radius 3 is 2.32 bits per heavy atom. The van der Waals surface area contributed by atoms with Crippen LogP contribution in [0.1, 0.15) is 44.4 Å². The van der Waals surface area contributed by atoms with Gasteiger partial charge in [-0.1, -0.05) is 48.5 Å². The van der Waals surface area contributed by atoms with Crippen molar-refractivity contribution in [1.29, 1.82) is 0 Å². The zero-order valence-corrected chi connectivity index (χ0v) is 16.9. The van der Waals surface area contributed by atoms with Gasteiger partial charge in [0.25, 0.3) is 0 Å². The molecule has 0 bridgehead atoms. The number of hydrogen-bond acceptors (Lipinski definition) is 4. The van der Waals surface area contributed by atoms with Crippen LogP contribution in [-0.4, -0.2) is 29.3 Å². The van der Waals surface area contributed by atoms with Crippen LogP contribution in [0.3, 0.4) is 0 Å². The van der Waals surface area contributed by atoms with Gasteiger partial charge in [0.05, 0.1) is 11.2 Å². The largest absolute Gasteiger partial charge is 0.494 e. The third-order valence-corrected chi connectivity index (χ3v) is 5.94. The highest BCUT2D eigenvalue weighted by atomic mass is 16.7. The van der Waals surface area contributed by atoms with Gasteiger partial charge in [0.2, 0.25) is 0 Å². The first-order valence-electron chi connectivity index (χ1n) is 9.68. The molecule has 6 heteroatoms. The molecule has 2 aromatic carbocycles. The highest BCUT2D eigenvalue weighted by Gasteiger charge is 2.51. The van der Waals surface area contributed by atoms with Crippen molar-refractivity contribution >= 4 is 18.7 Å². The lowest BCUT2D eigenvalue weighted by molar-refractivity contribution is 0.00578. The summed E-state index contributed by atoms with van der Waals surface area (Å²) < 4.78 is 17.8. The Labute approximate surface area is 166 Å². The monoisotopic (exact) mass is 379 g/mol. The zero-order chi connectivity index (χ0) is 19.9. The predicted molar refractivity (Wildman–Crippen MR) is 108 cm³/mol. The lowest BCUT2D eigenvalue weighted by Crippen LogP contribution is -2.41. The molecule has 0 atom stereocenters. The van der Waals surface area contributed by atoms with Crippen LogP contribution in [0.15, 0.2) is 48.5 Å². The molecule has 146 valence electrons. The van der Waals surface area contributed by atoms with Crippen LogP contribution >= 0.6 is 0 Å². The minimum Gasteiger partial charge on any atom is -0.445 e. The first kappa shape index (κ1) is 19.0. The van der Waals surface area contributed by atoms with Crippen molar-refractivity contribution in [2.45, 2.75) is 58.6 Å². The average molecular weight is 379 g/mol. The van der Waals surface area contributed by atoms with Crippen molar-refractivity contribution in [3.05, 3.63) is 65.2 Å². The number of ether oxygens (including phenoxy) is 1. The van der Waals surface area contributed by atoms with Gasteiger partial charge in [-0.05, 0) is 49.8 Å². The molecule has 4 rings (SSSR count). The lowest BCUT2D eigenvalue weighted by atomic mass is 9.78. The molecule has 0 radical (unpaired) electrons. The molecular formula is C22H26BNO4. The number of rotatable bonds is 3. The molecule has 1 fully saturated rings. The van der Waals surface area contributed by atoms with E-state index < -0.39 is 7.12 Å². The molecule has 5 nitrogen and oxygen atoms in total. The van der Waals surface area contributed by atoms with E-state index >= 15 is 0 Å². The van der Waals surface area contributed by atoms with Crippen LogP contribution < -0.4 is 5.46 Å². The number of amides is 1. The van der Waals surface area contributed by atoms with Crippen LogP contribution in [0.2, 0.25) is 0 Å². The van der Waals surface area contributed by atoms with E-state index in [0.717, 1.165) is 22.2 Å². The number of carbonyl (C=O) groups is 1. The Bertz CT molecular complexity index is 865. The second-order valence-corrected chi connectivity index (χ2v) is 8.51. The number of fused-ring (bicyclic) bond motifs is 1. The van der Waals surface area contributed by atoms with Crippen LogP contribution in [0.5, 0.6) is 0 Å². The number of carbonyl (C=O) groups excluding carboxylic acids is 1. The van der Waals surface area contributed by atoms with Crippen LogP contribution in [0.25, 0.3) is 0 Å². The summed E-state index contributed by atoms with van der Waals surface area (Å²) in [7, 11) is -0.394. The molecule has 2 aromatic rings. The van der Waals surface area contributed by atoms with Crippen molar-refractivity contribution in [2.75, 3.05) is 0 Å². The molecule has 0 N–H and O–H groups in total. The van der Waals surface area contributed by atoms with Crippen LogP contribution in [0, 0.1) is 0 Å². The molecule has 1 amide bonds. The molecule has 28 heavy (non-hydrogen) atoms. The Morgan fingerprint density at radius 2 is 1.64 bits per heavy atom. The minimum atomic E-state index is -0.394. The van der Waals surface area contributed by atoms with Crippen molar-refractivity contribution in [1.82, 2.24) is 4.90 Å². The second-order valence-electron chi connectivity index (χ2n) is 8.51. The molecule has 2 heterocycles. The van der Waals surface area contributed by atoms with Gasteiger partial charge in [0, 0.05) is 13.1 Å². The van der Waals surface area contributed by atoms with Crippen LogP contribution in [-0.2, 0) is 33.7 Å². The minimum absolute atomic E-state index is 0.283. The Balaban J connectivity index is 1.41. The predicted octanol–water partition coefficient (Wildman–Crippen LogP) is 3.64. The molecule has 2 aliphatic rings. The summed E-state index contributed by atoms with van der Waals surface area (Å²) in [6.07, 6.45) is -0.294. The molecule has 0 aliphatic carbocycles. The molecule has 0 unspecified atom stereocenters. The van der Waals surface area contributed by atoms with Gasteiger partial charge in [-0.15, -0.1) is 0 Å². The zero-order valence-electron chi connectivity index (χ0n) is 16.9. The highest BCUT2D eigenvalue weighted by Crippen LogP contribution is 2.36. The summed E-state index contributed by atoms with van der Waals surface area (Å²) in [4.78, 5) is 14.2. The second kappa shape index (κ2) is 6.94. The molecular weight excluding hydrogens is 353 g/mol. The molecule has 1 saturated heterocycles. The topological polar surface area (TPSA) is 48.0 Å². The third kappa shape index (κ3) is 3.54. The standard InChI is InChI=1S/C22H26BNO4/c1-21(2)22(3,4)28-23(27-21)19-11-10-17-13-24(14-18(17)12-19)20(25)26-15-16-8-6-5-7-9-16/h5-12H,13-15H2,1-4H3. The number of nitrogens with zero attached hydrogens (tertiary/aromatic N) is 1. The quantitative estimate of drug-likeness (QED) is 0.764. The maximum atomic E-state index is 12.5. The molecule has 0 spiro atoms. The van der Waals surface area contributed by atoms with Gasteiger partial charge >= 0.3 is 13.2 Å². The van der Waals surface area contributed by atoms with Gasteiger partial charge in [0.15, 0.2) is 0 Å². The van der Waals surface area contributed by atoms with E-state index in [4.69, 9.17) is 14.0 Å². The summed E-state index contributed by atoms with van der Waals surface area (Å²) in [6, 6.07) is 15.9. The van der Waals surface area contributed by atoms with E-state index in [2.05, 4.69) is 12.1 Å². The normalized spacial score (nSPS) is 19.6. The molecule has 0 saturated carbocycles. The first-order chi connectivity index (χ1) is 13.2. The maximum absolute atomic E-state index is 12.5. The average Bonchev–Trinajstić information content (AvgIpc) is 3.18. The lowest BCUT2D eigenvalue weighted by Gasteiger charge is -2.32. The van der Waals surface area contributed by atoms with Crippen molar-refractivity contribution < 1.29 is 18.8 Å². The van der Waals surface area contributed by atoms with E-state index in [0.29, 0.717) is 13.1 Å². The van der Waals surface area contributed by atoms with E-state index in [1.54, 1.807) is 4.90 Å². The summed E-state index contributed by atoms with van der Waals surface area (Å²) in [5.41, 5.74) is 3.47. The van der Waals surface area contributed by atoms with Gasteiger partial charge in [-0.25, -0.2) is 4.79 Å². The third-order valence-electron chi connectivity index (χ3n) is 5.94. The SMILES string of the molecule is CC1(C)OB(c2ccc3c(c2)CN(C(=O)OCc2ccccc2)C3)OC1(C)C. The van der Waals surface area contributed by atoms with Gasteiger partial charge in [0.1, 0.15) is 6.61 Å². The fourth-order valence-electron chi connectivity index (χ4n) is 3.48. The van der Waals surface area contributed by atoms with Crippen molar-refractivity contribution in [3.63, 3.8) is 0 Å². The van der Waals surface area contributed by atoms with E-state index in [1.165, 1.54) is 0 Å². The van der Waals surface area contributed by atoms with E-state index in [1.807, 2.05) is 64.1 Å². The smallest absolute Gasteiger partial charge is 0.445 e. The number of hydrogen-bond donors (Lipinski definition) is 0. The molecule has 2 aliphatic heterocycles. The fourth-order valence-corrected chi connectivity index (χ4v) is 3.48. The Morgan fingerprint density at radius 1 is 1.00 bits per heavy atom. The summed E-state index contributed by atoms with van der Waals surface area (Å²) in [5.74, 6) is 0. The first-order valence-corrected chi connectivity index (χ1v) is 9.68. The Kier molecular flexibility index (Phi) is 4.72. The van der Waals surface area contributed by atoms with Gasteiger partial charge < -0.3 is 14.0 Å². The molecule has 0 aromatic heterocycles. The fraction of sp³-hybridized carbons (Fsp3) is 0.409. The van der Waals surface area contributed by atoms with Gasteiger partial charge in [-0.3, -0.25) is 4.90 Å². The maximum Gasteiger partial charge on any atom is 0.494 e. The summed E-state index contributed by atoms with van der Waals surface area (Å²) >= 11 is 0. The van der Waals surface area contributed by atoms with Crippen LogP contribution in [0.4, 0.5) is 4.79 Å². The van der Waals surface area contributed by atoms with Crippen molar-refractivity contribution in [2.24, 2.45) is 0 Å². The number of benzene rings is 2.